The van der Waals surface area contributed by atoms with E-state index >= 15 is 0 Å². The maximum absolute atomic E-state index is 12.6. The molecule has 42 heavy (non-hydrogen) atoms. The smallest absolute Gasteiger partial charge is 0.323 e. The van der Waals surface area contributed by atoms with E-state index in [-0.39, 0.29) is 28.7 Å². The Hall–Kier alpha value is -4.35. The van der Waals surface area contributed by atoms with Crippen LogP contribution in [0.3, 0.4) is 0 Å². The molecule has 0 saturated carbocycles. The van der Waals surface area contributed by atoms with Crippen molar-refractivity contribution < 1.29 is 30.0 Å². The molecule has 0 aliphatic rings. The van der Waals surface area contributed by atoms with E-state index in [0.717, 1.165) is 11.1 Å². The van der Waals surface area contributed by atoms with Gasteiger partial charge >= 0.3 is 26.3 Å². The van der Waals surface area contributed by atoms with Crippen molar-refractivity contribution in [3.8, 4) is 11.5 Å². The third-order valence-electron chi connectivity index (χ3n) is 6.09. The molecule has 9 nitrogen and oxygen atoms in total. The topological polar surface area (TPSA) is 128 Å². The fraction of sp³-hybridized carbons (Fsp3) is 0.194. The van der Waals surface area contributed by atoms with Crippen LogP contribution < -0.4 is 19.0 Å². The van der Waals surface area contributed by atoms with Gasteiger partial charge in [-0.3, -0.25) is 0 Å². The second-order valence-corrected chi connectivity index (χ2v) is 12.8. The van der Waals surface area contributed by atoms with E-state index in [9.17, 15) is 21.6 Å². The summed E-state index contributed by atoms with van der Waals surface area (Å²) >= 11 is 0. The molecule has 0 aliphatic carbocycles. The lowest BCUT2D eigenvalue weighted by molar-refractivity contribution is 0.262. The van der Waals surface area contributed by atoms with E-state index in [4.69, 9.17) is 8.37 Å². The Labute approximate surface area is 246 Å². The largest absolute Gasteiger partial charge is 0.382 e. The van der Waals surface area contributed by atoms with Gasteiger partial charge < -0.3 is 19.0 Å². The van der Waals surface area contributed by atoms with E-state index in [1.54, 1.807) is 12.1 Å². The number of anilines is 2. The molecule has 0 aliphatic heterocycles. The highest BCUT2D eigenvalue weighted by molar-refractivity contribution is 7.87. The van der Waals surface area contributed by atoms with Crippen LogP contribution in [-0.4, -0.2) is 34.4 Å². The minimum absolute atomic E-state index is 0.00594. The normalized spacial score (nSPS) is 11.4. The number of hydrogen-bond acceptors (Lipinski definition) is 7. The summed E-state index contributed by atoms with van der Waals surface area (Å²) in [6.07, 6.45) is 2.02. The summed E-state index contributed by atoms with van der Waals surface area (Å²) in [6.45, 7) is 0. The number of urea groups is 1. The zero-order valence-corrected chi connectivity index (χ0v) is 24.4. The first kappa shape index (κ1) is 30.6. The number of rotatable bonds is 14. The Bertz CT molecular complexity index is 1660. The van der Waals surface area contributed by atoms with Crippen molar-refractivity contribution >= 4 is 37.6 Å². The Morgan fingerprint density at radius 2 is 1.07 bits per heavy atom. The van der Waals surface area contributed by atoms with E-state index in [1.165, 1.54) is 36.4 Å². The van der Waals surface area contributed by atoms with Crippen LogP contribution in [0.1, 0.15) is 24.0 Å². The number of amides is 2. The first-order valence-electron chi connectivity index (χ1n) is 13.4. The van der Waals surface area contributed by atoms with E-state index in [0.29, 0.717) is 31.4 Å². The maximum atomic E-state index is 12.6. The van der Waals surface area contributed by atoms with E-state index in [2.05, 4.69) is 10.6 Å². The Balaban J connectivity index is 1.26. The standard InChI is InChI=1S/C31H32N2O7S2/c34-31(32-27-19-21-28(22-20-27)39-41(35,36)23-9-15-25-11-3-1-4-12-25)33-29-17-7-8-18-30(29)40-42(37,38)24-10-16-26-13-5-2-6-14-26/h1-8,11-14,17-22H,9-10,15-16,23-24H2,(H2,32,33,34). The summed E-state index contributed by atoms with van der Waals surface area (Å²) in [4.78, 5) is 12.6. The summed E-state index contributed by atoms with van der Waals surface area (Å²) in [5.74, 6) is -0.195. The van der Waals surface area contributed by atoms with Crippen molar-refractivity contribution in [1.82, 2.24) is 0 Å². The van der Waals surface area contributed by atoms with Gasteiger partial charge in [-0.15, -0.1) is 0 Å². The molecule has 0 spiro atoms. The van der Waals surface area contributed by atoms with Crippen LogP contribution in [0.15, 0.2) is 109 Å². The van der Waals surface area contributed by atoms with Gasteiger partial charge in [-0.1, -0.05) is 72.8 Å². The van der Waals surface area contributed by atoms with Gasteiger partial charge in [-0.25, -0.2) is 4.79 Å². The molecule has 4 aromatic carbocycles. The third kappa shape index (κ3) is 10.2. The molecular formula is C31H32N2O7S2. The maximum Gasteiger partial charge on any atom is 0.323 e. The fourth-order valence-corrected chi connectivity index (χ4v) is 6.07. The van der Waals surface area contributed by atoms with Crippen molar-refractivity contribution in [3.05, 3.63) is 120 Å². The fourth-order valence-electron chi connectivity index (χ4n) is 4.08. The quantitative estimate of drug-likeness (QED) is 0.168. The second kappa shape index (κ2) is 14.5. The van der Waals surface area contributed by atoms with Gasteiger partial charge in [0, 0.05) is 5.69 Å². The highest BCUT2D eigenvalue weighted by atomic mass is 32.2. The molecule has 0 fully saturated rings. The van der Waals surface area contributed by atoms with Gasteiger partial charge in [0.2, 0.25) is 0 Å². The van der Waals surface area contributed by atoms with Gasteiger partial charge in [-0.2, -0.15) is 16.8 Å². The number of benzene rings is 4. The van der Waals surface area contributed by atoms with Gasteiger partial charge in [0.25, 0.3) is 0 Å². The summed E-state index contributed by atoms with van der Waals surface area (Å²) in [7, 11) is -7.68. The Morgan fingerprint density at radius 1 is 0.571 bits per heavy atom. The Kier molecular flexibility index (Phi) is 10.6. The molecule has 0 atom stereocenters. The predicted octanol–water partition coefficient (Wildman–Crippen LogP) is 6.01. The molecule has 11 heteroatoms. The molecule has 0 aromatic heterocycles. The number of para-hydroxylation sites is 2. The Morgan fingerprint density at radius 3 is 1.64 bits per heavy atom. The van der Waals surface area contributed by atoms with Crippen LogP contribution in [-0.2, 0) is 33.1 Å². The number of carbonyl (C=O) groups excluding carboxylic acids is 1. The minimum Gasteiger partial charge on any atom is -0.382 e. The molecule has 0 saturated heterocycles. The first-order chi connectivity index (χ1) is 20.2. The molecule has 0 unspecified atom stereocenters. The molecule has 0 radical (unpaired) electrons. The highest BCUT2D eigenvalue weighted by Crippen LogP contribution is 2.26. The summed E-state index contributed by atoms with van der Waals surface area (Å²) in [5.41, 5.74) is 2.62. The lowest BCUT2D eigenvalue weighted by Gasteiger charge is -2.13. The number of nitrogens with one attached hydrogen (secondary N) is 2. The predicted molar refractivity (Wildman–Crippen MR) is 164 cm³/mol. The highest BCUT2D eigenvalue weighted by Gasteiger charge is 2.17. The van der Waals surface area contributed by atoms with Crippen molar-refractivity contribution in [2.45, 2.75) is 25.7 Å². The van der Waals surface area contributed by atoms with Crippen molar-refractivity contribution in [2.24, 2.45) is 0 Å². The average Bonchev–Trinajstić information content (AvgIpc) is 2.96. The van der Waals surface area contributed by atoms with Gasteiger partial charge in [-0.05, 0) is 73.2 Å². The van der Waals surface area contributed by atoms with Crippen LogP contribution in [0.5, 0.6) is 11.5 Å². The summed E-state index contributed by atoms with van der Waals surface area (Å²) < 4.78 is 60.3. The first-order valence-corrected chi connectivity index (χ1v) is 16.5. The second-order valence-electron chi connectivity index (χ2n) is 9.47. The molecule has 0 heterocycles. The van der Waals surface area contributed by atoms with Crippen LogP contribution in [0.4, 0.5) is 16.2 Å². The monoisotopic (exact) mass is 608 g/mol. The number of hydrogen-bond donors (Lipinski definition) is 2. The number of carbonyl (C=O) groups is 1. The van der Waals surface area contributed by atoms with Crippen LogP contribution in [0.2, 0.25) is 0 Å². The van der Waals surface area contributed by atoms with Crippen LogP contribution in [0.25, 0.3) is 0 Å². The van der Waals surface area contributed by atoms with Crippen molar-refractivity contribution in [1.29, 1.82) is 0 Å². The summed E-state index contributed by atoms with van der Waals surface area (Å²) in [6, 6.07) is 30.6. The van der Waals surface area contributed by atoms with Gasteiger partial charge in [0.15, 0.2) is 5.75 Å². The third-order valence-corrected chi connectivity index (χ3v) is 8.55. The van der Waals surface area contributed by atoms with Crippen molar-refractivity contribution in [2.75, 3.05) is 22.1 Å². The molecule has 4 rings (SSSR count). The lowest BCUT2D eigenvalue weighted by Crippen LogP contribution is -2.21. The molecule has 2 amide bonds. The molecule has 220 valence electrons. The molecule has 4 aromatic rings. The van der Waals surface area contributed by atoms with Crippen molar-refractivity contribution in [3.63, 3.8) is 0 Å². The summed E-state index contributed by atoms with van der Waals surface area (Å²) in [5, 5.41) is 5.20. The average molecular weight is 609 g/mol. The zero-order valence-electron chi connectivity index (χ0n) is 22.8. The van der Waals surface area contributed by atoms with E-state index < -0.39 is 26.3 Å². The number of aryl methyl sites for hydroxylation is 2. The van der Waals surface area contributed by atoms with Gasteiger partial charge in [0.05, 0.1) is 17.2 Å². The molecule has 2 N–H and O–H groups in total. The van der Waals surface area contributed by atoms with E-state index in [1.807, 2.05) is 60.7 Å². The lowest BCUT2D eigenvalue weighted by atomic mass is 10.1. The SMILES string of the molecule is O=C(Nc1ccc(OS(=O)(=O)CCCc2ccccc2)cc1)Nc1ccccc1OS(=O)(=O)CCCc1ccccc1. The van der Waals surface area contributed by atoms with Crippen LogP contribution in [0, 0.1) is 0 Å². The molecular weight excluding hydrogens is 576 g/mol. The zero-order chi connectivity index (χ0) is 29.8. The molecule has 0 bridgehead atoms. The van der Waals surface area contributed by atoms with Gasteiger partial charge in [0.1, 0.15) is 5.75 Å². The minimum atomic E-state index is -3.90. The van der Waals surface area contributed by atoms with Crippen LogP contribution >= 0.6 is 0 Å².